The molecule has 216 valence electrons. The Kier molecular flexibility index (Phi) is 7.53. The molecule has 2 atom stereocenters. The molecule has 2 saturated carbocycles. The maximum atomic E-state index is 14.1. The van der Waals surface area contributed by atoms with E-state index in [1.165, 1.54) is 6.42 Å². The van der Waals surface area contributed by atoms with Gasteiger partial charge in [-0.1, -0.05) is 11.6 Å². The van der Waals surface area contributed by atoms with Crippen molar-refractivity contribution in [3.8, 4) is 6.07 Å². The summed E-state index contributed by atoms with van der Waals surface area (Å²) < 4.78 is 30.3. The van der Waals surface area contributed by atoms with Crippen molar-refractivity contribution >= 4 is 32.9 Å². The molecule has 1 unspecified atom stereocenters. The molecule has 1 N–H and O–H groups in total. The first-order chi connectivity index (χ1) is 19.2. The molecule has 3 heterocycles. The number of hydrogen-bond acceptors (Lipinski definition) is 8. The molecule has 1 aromatic heterocycles. The van der Waals surface area contributed by atoms with Gasteiger partial charge < -0.3 is 14.7 Å². The van der Waals surface area contributed by atoms with Crippen LogP contribution in [0.2, 0.25) is 5.02 Å². The smallest absolute Gasteiger partial charge is 0.184 e. The van der Waals surface area contributed by atoms with Gasteiger partial charge in [-0.15, -0.1) is 0 Å². The van der Waals surface area contributed by atoms with Crippen molar-refractivity contribution in [2.75, 3.05) is 56.1 Å². The molecule has 6 rings (SSSR count). The summed E-state index contributed by atoms with van der Waals surface area (Å²) in [6, 6.07) is 10.3. The van der Waals surface area contributed by atoms with Crippen LogP contribution in [0, 0.1) is 18.3 Å². The lowest BCUT2D eigenvalue weighted by Gasteiger charge is -2.34. The van der Waals surface area contributed by atoms with E-state index >= 15 is 0 Å². The Morgan fingerprint density at radius 1 is 1.18 bits per heavy atom. The van der Waals surface area contributed by atoms with Crippen molar-refractivity contribution in [3.05, 3.63) is 35.0 Å². The Bertz CT molecular complexity index is 1390. The Morgan fingerprint density at radius 2 is 1.93 bits per heavy atom. The number of benzene rings is 1. The van der Waals surface area contributed by atoms with Crippen LogP contribution in [0.25, 0.3) is 0 Å². The molecule has 2 saturated heterocycles. The van der Waals surface area contributed by atoms with Crippen LogP contribution in [0.3, 0.4) is 0 Å². The topological polar surface area (TPSA) is 97.5 Å². The van der Waals surface area contributed by atoms with Gasteiger partial charge in [0.05, 0.1) is 33.0 Å². The fraction of sp³-hybridized carbons (Fsp3) is 0.655. The van der Waals surface area contributed by atoms with Crippen LogP contribution in [0.4, 0.5) is 11.5 Å². The van der Waals surface area contributed by atoms with Crippen molar-refractivity contribution in [3.63, 3.8) is 0 Å². The van der Waals surface area contributed by atoms with Gasteiger partial charge in [-0.25, -0.2) is 13.1 Å². The van der Waals surface area contributed by atoms with Crippen LogP contribution in [0.1, 0.15) is 56.7 Å². The number of aryl methyl sites for hydroxylation is 1. The lowest BCUT2D eigenvalue weighted by atomic mass is 9.93. The predicted molar refractivity (Wildman–Crippen MR) is 158 cm³/mol. The molecule has 4 aliphatic rings. The lowest BCUT2D eigenvalue weighted by Crippen LogP contribution is -2.44. The van der Waals surface area contributed by atoms with Crippen LogP contribution in [-0.2, 0) is 9.84 Å². The molecule has 4 fully saturated rings. The van der Waals surface area contributed by atoms with Gasteiger partial charge in [0.1, 0.15) is 11.4 Å². The fourth-order valence-electron chi connectivity index (χ4n) is 6.36. The minimum Gasteiger partial charge on any atom is -0.369 e. The second-order valence-electron chi connectivity index (χ2n) is 12.2. The quantitative estimate of drug-likeness (QED) is 0.475. The zero-order valence-corrected chi connectivity index (χ0v) is 25.1. The van der Waals surface area contributed by atoms with Gasteiger partial charge in [0, 0.05) is 50.5 Å². The molecule has 9 nitrogen and oxygen atoms in total. The number of anilines is 2. The van der Waals surface area contributed by atoms with Crippen LogP contribution >= 0.6 is 11.6 Å². The van der Waals surface area contributed by atoms with Gasteiger partial charge in [0.25, 0.3) is 0 Å². The fourth-order valence-corrected chi connectivity index (χ4v) is 8.64. The number of halogens is 1. The minimum absolute atomic E-state index is 0.0279. The SMILES string of the molecule is Cc1cc(N2C[C@H](S(=O)(=O)c3ccc(N4CCN(C)CC4)cc3Cl)CC2CCNC2(C#N)CC2)n(C2CCC2)n1. The Hall–Kier alpha value is -2.32. The summed E-state index contributed by atoms with van der Waals surface area (Å²) in [5.41, 5.74) is 1.53. The van der Waals surface area contributed by atoms with Gasteiger partial charge in [0.2, 0.25) is 0 Å². The average molecular weight is 586 g/mol. The Balaban J connectivity index is 1.24. The Morgan fingerprint density at radius 3 is 2.55 bits per heavy atom. The molecule has 1 aromatic carbocycles. The molecular formula is C29H40ClN7O2S. The Labute approximate surface area is 243 Å². The number of likely N-dealkylation sites (N-methyl/N-ethyl adjacent to an activating group) is 1. The summed E-state index contributed by atoms with van der Waals surface area (Å²) >= 11 is 6.70. The highest BCUT2D eigenvalue weighted by atomic mass is 35.5. The zero-order chi connectivity index (χ0) is 28.1. The normalized spacial score (nSPS) is 25.1. The highest BCUT2D eigenvalue weighted by Crippen LogP contribution is 2.40. The maximum absolute atomic E-state index is 14.1. The van der Waals surface area contributed by atoms with Crippen molar-refractivity contribution in [2.45, 2.75) is 79.6 Å². The molecule has 2 aliphatic heterocycles. The largest absolute Gasteiger partial charge is 0.369 e. The summed E-state index contributed by atoms with van der Waals surface area (Å²) in [5, 5.41) is 17.5. The van der Waals surface area contributed by atoms with Gasteiger partial charge >= 0.3 is 0 Å². The van der Waals surface area contributed by atoms with E-state index in [0.29, 0.717) is 30.6 Å². The standard InChI is InChI=1S/C29H40ClN7O2S/c1-21-16-28(37(33-21)22-4-3-5-22)36-19-25(17-24(36)8-11-32-29(20-31)9-10-29)40(38,39)27-7-6-23(18-26(27)30)35-14-12-34(2)13-15-35/h6-7,16,18,22,24-25,32H,3-5,8-15,17,19H2,1-2H3/t24?,25-/m1/s1. The van der Waals surface area contributed by atoms with E-state index in [1.54, 1.807) is 6.07 Å². The van der Waals surface area contributed by atoms with E-state index in [1.807, 2.05) is 19.1 Å². The number of aromatic nitrogens is 2. The molecule has 0 spiro atoms. The van der Waals surface area contributed by atoms with Crippen molar-refractivity contribution in [1.82, 2.24) is 20.0 Å². The molecule has 2 aromatic rings. The number of hydrogen-bond donors (Lipinski definition) is 1. The van der Waals surface area contributed by atoms with Gasteiger partial charge in [-0.3, -0.25) is 5.32 Å². The first-order valence-corrected chi connectivity index (χ1v) is 16.6. The van der Waals surface area contributed by atoms with Gasteiger partial charge in [-0.2, -0.15) is 10.4 Å². The second-order valence-corrected chi connectivity index (χ2v) is 14.8. The highest BCUT2D eigenvalue weighted by Gasteiger charge is 2.45. The third kappa shape index (κ3) is 5.34. The van der Waals surface area contributed by atoms with Crippen LogP contribution in [0.5, 0.6) is 0 Å². The van der Waals surface area contributed by atoms with Gasteiger partial charge in [-0.05, 0) is 83.7 Å². The number of sulfone groups is 1. The third-order valence-electron chi connectivity index (χ3n) is 9.36. The molecular weight excluding hydrogens is 546 g/mol. The maximum Gasteiger partial charge on any atom is 0.184 e. The third-order valence-corrected chi connectivity index (χ3v) is 12.0. The van der Waals surface area contributed by atoms with Crippen molar-refractivity contribution < 1.29 is 8.42 Å². The molecule has 11 heteroatoms. The molecule has 2 aliphatic carbocycles. The molecule has 0 radical (unpaired) electrons. The lowest BCUT2D eigenvalue weighted by molar-refractivity contribution is 0.288. The highest BCUT2D eigenvalue weighted by molar-refractivity contribution is 7.92. The van der Waals surface area contributed by atoms with E-state index in [9.17, 15) is 13.7 Å². The number of nitrogens with one attached hydrogen (secondary N) is 1. The molecule has 40 heavy (non-hydrogen) atoms. The number of rotatable bonds is 9. The first kappa shape index (κ1) is 27.8. The van der Waals surface area contributed by atoms with E-state index in [4.69, 9.17) is 16.7 Å². The number of nitrogens with zero attached hydrogens (tertiary/aromatic N) is 6. The average Bonchev–Trinajstić information content (AvgIpc) is 3.39. The van der Waals surface area contributed by atoms with E-state index < -0.39 is 20.6 Å². The predicted octanol–water partition coefficient (Wildman–Crippen LogP) is 3.78. The second kappa shape index (κ2) is 10.8. The summed E-state index contributed by atoms with van der Waals surface area (Å²) in [6.07, 6.45) is 6.46. The monoisotopic (exact) mass is 585 g/mol. The summed E-state index contributed by atoms with van der Waals surface area (Å²) in [7, 11) is -1.55. The summed E-state index contributed by atoms with van der Waals surface area (Å²) in [4.78, 5) is 7.04. The van der Waals surface area contributed by atoms with E-state index in [-0.39, 0.29) is 10.9 Å². The number of nitriles is 1. The first-order valence-electron chi connectivity index (χ1n) is 14.7. The van der Waals surface area contributed by atoms with E-state index in [2.05, 4.69) is 43.9 Å². The van der Waals surface area contributed by atoms with Crippen molar-refractivity contribution in [2.24, 2.45) is 0 Å². The van der Waals surface area contributed by atoms with Crippen LogP contribution in [-0.4, -0.2) is 86.2 Å². The zero-order valence-electron chi connectivity index (χ0n) is 23.5. The summed E-state index contributed by atoms with van der Waals surface area (Å²) in [5.74, 6) is 1.02. The molecule has 0 amide bonds. The van der Waals surface area contributed by atoms with Crippen molar-refractivity contribution in [1.29, 1.82) is 5.26 Å². The van der Waals surface area contributed by atoms with Crippen LogP contribution in [0.15, 0.2) is 29.2 Å². The summed E-state index contributed by atoms with van der Waals surface area (Å²) in [6.45, 7) is 6.82. The molecule has 0 bridgehead atoms. The van der Waals surface area contributed by atoms with Crippen LogP contribution < -0.4 is 15.1 Å². The van der Waals surface area contributed by atoms with E-state index in [0.717, 1.165) is 75.5 Å². The van der Waals surface area contributed by atoms with Gasteiger partial charge in [0.15, 0.2) is 9.84 Å². The number of piperazine rings is 1. The minimum atomic E-state index is -3.67.